The van der Waals surface area contributed by atoms with Gasteiger partial charge in [-0.15, -0.1) is 0 Å². The quantitative estimate of drug-likeness (QED) is 0.559. The summed E-state index contributed by atoms with van der Waals surface area (Å²) >= 11 is 0. The molecule has 220 valence electrons. The topological polar surface area (TPSA) is 75.2 Å². The fraction of sp³-hybridized carbons (Fsp3) is 0.636. The highest BCUT2D eigenvalue weighted by Gasteiger charge is 2.55. The van der Waals surface area contributed by atoms with E-state index in [0.29, 0.717) is 36.3 Å². The largest absolute Gasteiger partial charge is 0.390 e. The predicted octanol–water partition coefficient (Wildman–Crippen LogP) is 4.86. The van der Waals surface area contributed by atoms with Crippen LogP contribution in [0.4, 0.5) is 27.7 Å². The number of benzene rings is 1. The summed E-state index contributed by atoms with van der Waals surface area (Å²) in [4.78, 5) is 27.8. The Hall–Kier alpha value is -2.84. The van der Waals surface area contributed by atoms with Crippen LogP contribution in [0, 0.1) is 23.2 Å². The molecule has 5 atom stereocenters. The maximum atomic E-state index is 13.7. The van der Waals surface area contributed by atoms with Crippen molar-refractivity contribution in [1.82, 2.24) is 15.2 Å². The third-order valence-electron chi connectivity index (χ3n) is 10.2. The molecule has 2 N–H and O–H groups in total. The summed E-state index contributed by atoms with van der Waals surface area (Å²) in [5, 5.41) is 14.4. The fourth-order valence-electron chi connectivity index (χ4n) is 8.81. The lowest BCUT2D eigenvalue weighted by Crippen LogP contribution is -2.63. The van der Waals surface area contributed by atoms with E-state index in [4.69, 9.17) is 4.98 Å². The molecule has 41 heavy (non-hydrogen) atoms. The Morgan fingerprint density at radius 1 is 0.951 bits per heavy atom. The van der Waals surface area contributed by atoms with E-state index >= 15 is 0 Å². The molecule has 1 saturated heterocycles. The van der Waals surface area contributed by atoms with E-state index < -0.39 is 5.60 Å². The number of carbonyl (C=O) groups is 1. The van der Waals surface area contributed by atoms with E-state index in [-0.39, 0.29) is 12.1 Å². The number of pyridine rings is 1. The first-order valence-electron chi connectivity index (χ1n) is 15.7. The number of hydrogen-bond acceptors (Lipinski definition) is 6. The molecule has 3 heterocycles. The Bertz CT molecular complexity index is 1250. The van der Waals surface area contributed by atoms with Crippen LogP contribution in [0.25, 0.3) is 0 Å². The van der Waals surface area contributed by atoms with Gasteiger partial charge >= 0.3 is 6.03 Å². The van der Waals surface area contributed by atoms with Gasteiger partial charge in [-0.25, -0.2) is 9.78 Å². The van der Waals surface area contributed by atoms with E-state index in [9.17, 15) is 9.90 Å². The van der Waals surface area contributed by atoms with Crippen LogP contribution in [0.15, 0.2) is 42.6 Å². The number of nitrogens with one attached hydrogen (secondary N) is 1. The van der Waals surface area contributed by atoms with Crippen molar-refractivity contribution < 1.29 is 9.90 Å². The van der Waals surface area contributed by atoms with Gasteiger partial charge in [-0.3, -0.25) is 9.80 Å². The van der Waals surface area contributed by atoms with Crippen molar-refractivity contribution in [3.05, 3.63) is 42.6 Å². The molecule has 2 aromatic rings. The van der Waals surface area contributed by atoms with Crippen molar-refractivity contribution in [2.45, 2.75) is 64.5 Å². The number of aromatic nitrogens is 1. The molecule has 8 rings (SSSR count). The third kappa shape index (κ3) is 5.29. The average molecular weight is 559 g/mol. The van der Waals surface area contributed by atoms with Crippen molar-refractivity contribution in [2.24, 2.45) is 23.2 Å². The number of aliphatic hydroxyl groups is 1. The van der Waals surface area contributed by atoms with Gasteiger partial charge in [0.15, 0.2) is 0 Å². The molecule has 4 saturated carbocycles. The molecule has 1 aromatic carbocycles. The Balaban J connectivity index is 1.02. The van der Waals surface area contributed by atoms with E-state index in [1.807, 2.05) is 29.3 Å². The maximum Gasteiger partial charge on any atom is 0.322 e. The lowest BCUT2D eigenvalue weighted by atomic mass is 9.52. The first-order valence-corrected chi connectivity index (χ1v) is 15.7. The molecule has 2 amide bonds. The van der Waals surface area contributed by atoms with E-state index in [1.165, 1.54) is 5.69 Å². The lowest BCUT2D eigenvalue weighted by Gasteiger charge is -2.58. The van der Waals surface area contributed by atoms with E-state index in [1.54, 1.807) is 0 Å². The first-order chi connectivity index (χ1) is 19.6. The van der Waals surface area contributed by atoms with Gasteiger partial charge in [-0.1, -0.05) is 32.9 Å². The molecule has 4 aliphatic carbocycles. The SMILES string of the molecule is CC(C)(C)CN1CCN(c2ccc(N3CCN(C(=O)NC4[C@@H]5CC6C[C@H]4CC(O)(C6)C5)c4ccccc43)nc2)CC1. The zero-order chi connectivity index (χ0) is 28.4. The average Bonchev–Trinajstić information content (AvgIpc) is 2.93. The van der Waals surface area contributed by atoms with Gasteiger partial charge in [0.1, 0.15) is 5.82 Å². The molecule has 4 bridgehead atoms. The number of para-hydroxylation sites is 2. The Morgan fingerprint density at radius 3 is 2.29 bits per heavy atom. The van der Waals surface area contributed by atoms with Crippen LogP contribution >= 0.6 is 0 Å². The normalized spacial score (nSPS) is 31.4. The van der Waals surface area contributed by atoms with Gasteiger partial charge in [0.2, 0.25) is 0 Å². The number of anilines is 4. The number of amides is 2. The molecule has 3 unspecified atom stereocenters. The van der Waals surface area contributed by atoms with Crippen molar-refractivity contribution in [3.8, 4) is 0 Å². The molecule has 6 aliphatic rings. The summed E-state index contributed by atoms with van der Waals surface area (Å²) in [6, 6.07) is 12.7. The maximum absolute atomic E-state index is 13.7. The van der Waals surface area contributed by atoms with Crippen molar-refractivity contribution in [3.63, 3.8) is 0 Å². The number of carbonyl (C=O) groups excluding carboxylic acids is 1. The lowest BCUT2D eigenvalue weighted by molar-refractivity contribution is -0.136. The molecule has 0 spiro atoms. The second-order valence-electron chi connectivity index (χ2n) is 14.7. The van der Waals surface area contributed by atoms with Crippen molar-refractivity contribution in [1.29, 1.82) is 0 Å². The number of rotatable bonds is 4. The van der Waals surface area contributed by atoms with Crippen LogP contribution in [-0.2, 0) is 0 Å². The Kier molecular flexibility index (Phi) is 6.69. The highest BCUT2D eigenvalue weighted by molar-refractivity contribution is 5.98. The highest BCUT2D eigenvalue weighted by atomic mass is 16.3. The molecule has 0 radical (unpaired) electrons. The molecule has 8 nitrogen and oxygen atoms in total. The molecule has 8 heteroatoms. The number of fused-ring (bicyclic) bond motifs is 1. The summed E-state index contributed by atoms with van der Waals surface area (Å²) in [6.07, 6.45) is 6.92. The molecular formula is C33H46N6O2. The minimum absolute atomic E-state index is 0.00419. The number of piperazine rings is 1. The highest BCUT2D eigenvalue weighted by Crippen LogP contribution is 2.55. The van der Waals surface area contributed by atoms with Gasteiger partial charge in [0.25, 0.3) is 0 Å². The second-order valence-corrected chi connectivity index (χ2v) is 14.7. The van der Waals surface area contributed by atoms with Crippen LogP contribution < -0.4 is 20.0 Å². The minimum atomic E-state index is -0.487. The smallest absolute Gasteiger partial charge is 0.322 e. The molecule has 2 aliphatic heterocycles. The number of urea groups is 1. The van der Waals surface area contributed by atoms with Crippen LogP contribution in [0.5, 0.6) is 0 Å². The van der Waals surface area contributed by atoms with Gasteiger partial charge < -0.3 is 20.2 Å². The molecular weight excluding hydrogens is 512 g/mol. The van der Waals surface area contributed by atoms with Gasteiger partial charge in [0, 0.05) is 51.9 Å². The van der Waals surface area contributed by atoms with Gasteiger partial charge in [0.05, 0.1) is 28.9 Å². The summed E-state index contributed by atoms with van der Waals surface area (Å²) in [5.74, 6) is 2.35. The summed E-state index contributed by atoms with van der Waals surface area (Å²) < 4.78 is 0. The summed E-state index contributed by atoms with van der Waals surface area (Å²) in [7, 11) is 0. The zero-order valence-corrected chi connectivity index (χ0v) is 24.9. The van der Waals surface area contributed by atoms with Crippen LogP contribution in [-0.4, -0.2) is 78.5 Å². The van der Waals surface area contributed by atoms with Gasteiger partial charge in [-0.05, 0) is 79.5 Å². The zero-order valence-electron chi connectivity index (χ0n) is 24.9. The fourth-order valence-corrected chi connectivity index (χ4v) is 8.81. The van der Waals surface area contributed by atoms with E-state index in [0.717, 1.165) is 82.0 Å². The Morgan fingerprint density at radius 2 is 1.66 bits per heavy atom. The summed E-state index contributed by atoms with van der Waals surface area (Å²) in [6.45, 7) is 13.6. The van der Waals surface area contributed by atoms with Crippen LogP contribution in [0.1, 0.15) is 52.9 Å². The standard InChI is InChI=1S/C33H46N6O2/c1-32(2,3)22-36-10-12-37(13-11-36)26-8-9-29(34-21-26)38-14-15-39(28-7-5-4-6-27(28)38)31(40)35-30-24-16-23-17-25(30)20-33(41,18-23)19-24/h4-9,21,23-25,30,41H,10-20,22H2,1-3H3,(H,35,40)/t23?,24-,25+,30?,33?. The van der Waals surface area contributed by atoms with Crippen LogP contribution in [0.2, 0.25) is 0 Å². The molecule has 5 fully saturated rings. The van der Waals surface area contributed by atoms with Gasteiger partial charge in [-0.2, -0.15) is 0 Å². The monoisotopic (exact) mass is 558 g/mol. The third-order valence-corrected chi connectivity index (χ3v) is 10.2. The minimum Gasteiger partial charge on any atom is -0.390 e. The number of nitrogens with zero attached hydrogens (tertiary/aromatic N) is 5. The van der Waals surface area contributed by atoms with Crippen molar-refractivity contribution in [2.75, 3.05) is 60.5 Å². The predicted molar refractivity (Wildman–Crippen MR) is 164 cm³/mol. The summed E-state index contributed by atoms with van der Waals surface area (Å²) in [5.41, 5.74) is 2.96. The van der Waals surface area contributed by atoms with Crippen molar-refractivity contribution >= 4 is 28.9 Å². The van der Waals surface area contributed by atoms with Crippen LogP contribution in [0.3, 0.4) is 0 Å². The number of hydrogen-bond donors (Lipinski definition) is 2. The molecule has 1 aromatic heterocycles. The first kappa shape index (κ1) is 27.0. The second kappa shape index (κ2) is 10.2. The Labute approximate surface area is 244 Å². The van der Waals surface area contributed by atoms with E-state index in [2.05, 4.69) is 59.0 Å².